The molecule has 2 rings (SSSR count). The molecule has 0 fully saturated rings. The Kier molecular flexibility index (Phi) is 7.10. The molecular weight excluding hydrogens is 375 g/mol. The number of hydrogen-bond acceptors (Lipinski definition) is 7. The van der Waals surface area contributed by atoms with E-state index in [1.807, 2.05) is 0 Å². The standard InChI is InChI=1S/C15H20F3N5O2.ClH/c1-14(2)22-12(19)21-13(20)23(14)25-8-4-7-24-11-6-3-5-10(9-11)15(16,17)18;/h3,5-6,9H,4,7-8H2,1-2H3,(H4,19,20,21,22);1H. The average molecular weight is 396 g/mol. The Hall–Kier alpha value is -2.20. The van der Waals surface area contributed by atoms with Gasteiger partial charge in [-0.15, -0.1) is 12.4 Å². The van der Waals surface area contributed by atoms with Crippen molar-refractivity contribution in [2.75, 3.05) is 13.2 Å². The van der Waals surface area contributed by atoms with Crippen molar-refractivity contribution in [2.45, 2.75) is 32.1 Å². The van der Waals surface area contributed by atoms with Crippen molar-refractivity contribution < 1.29 is 22.7 Å². The van der Waals surface area contributed by atoms with E-state index >= 15 is 0 Å². The van der Waals surface area contributed by atoms with Gasteiger partial charge in [0, 0.05) is 6.42 Å². The molecular formula is C15H21ClF3N5O2. The Balaban J connectivity index is 0.00000338. The molecule has 0 aromatic heterocycles. The number of guanidine groups is 2. The molecule has 1 aromatic carbocycles. The summed E-state index contributed by atoms with van der Waals surface area (Å²) in [5.74, 6) is 0.290. The van der Waals surface area contributed by atoms with Crippen molar-refractivity contribution in [3.8, 4) is 5.75 Å². The number of benzene rings is 1. The Morgan fingerprint density at radius 3 is 2.50 bits per heavy atom. The Morgan fingerprint density at radius 1 is 1.19 bits per heavy atom. The maximum absolute atomic E-state index is 12.6. The normalized spacial score (nSPS) is 16.4. The highest BCUT2D eigenvalue weighted by Crippen LogP contribution is 2.31. The zero-order chi connectivity index (χ0) is 18.7. The molecule has 1 aliphatic heterocycles. The smallest absolute Gasteiger partial charge is 0.416 e. The van der Waals surface area contributed by atoms with Crippen LogP contribution in [0, 0.1) is 0 Å². The van der Waals surface area contributed by atoms with Gasteiger partial charge in [0.2, 0.25) is 11.9 Å². The zero-order valence-corrected chi connectivity index (χ0v) is 15.1. The van der Waals surface area contributed by atoms with Gasteiger partial charge in [0.25, 0.3) is 0 Å². The van der Waals surface area contributed by atoms with Gasteiger partial charge in [-0.3, -0.25) is 4.84 Å². The quantitative estimate of drug-likeness (QED) is 0.721. The number of alkyl halides is 3. The highest BCUT2D eigenvalue weighted by molar-refractivity contribution is 5.95. The number of hydrogen-bond donors (Lipinski definition) is 2. The predicted molar refractivity (Wildman–Crippen MR) is 93.9 cm³/mol. The molecule has 0 saturated carbocycles. The SMILES string of the molecule is CC1(C)N=C(N)N=C(N)N1OCCCOc1cccc(C(F)(F)F)c1.Cl. The van der Waals surface area contributed by atoms with Gasteiger partial charge in [0.05, 0.1) is 18.8 Å². The molecule has 7 nitrogen and oxygen atoms in total. The largest absolute Gasteiger partial charge is 0.493 e. The summed E-state index contributed by atoms with van der Waals surface area (Å²) >= 11 is 0. The van der Waals surface area contributed by atoms with Crippen LogP contribution in [0.3, 0.4) is 0 Å². The Bertz CT molecular complexity index is 679. The highest BCUT2D eigenvalue weighted by Gasteiger charge is 2.33. The van der Waals surface area contributed by atoms with Crippen LogP contribution in [0.15, 0.2) is 34.3 Å². The molecule has 0 spiro atoms. The fourth-order valence-corrected chi connectivity index (χ4v) is 2.18. The number of nitrogens with two attached hydrogens (primary N) is 2. The summed E-state index contributed by atoms with van der Waals surface area (Å²) in [5, 5.41) is 1.33. The number of aliphatic imine (C=N–C) groups is 2. The lowest BCUT2D eigenvalue weighted by Gasteiger charge is -2.36. The molecule has 0 bridgehead atoms. The molecule has 0 saturated heterocycles. The second-order valence-electron chi connectivity index (χ2n) is 5.79. The minimum atomic E-state index is -4.40. The van der Waals surface area contributed by atoms with E-state index < -0.39 is 17.4 Å². The van der Waals surface area contributed by atoms with E-state index in [2.05, 4.69) is 9.98 Å². The number of ether oxygens (including phenoxy) is 1. The monoisotopic (exact) mass is 395 g/mol. The van der Waals surface area contributed by atoms with Crippen LogP contribution < -0.4 is 16.2 Å². The summed E-state index contributed by atoms with van der Waals surface area (Å²) in [4.78, 5) is 13.5. The van der Waals surface area contributed by atoms with Crippen LogP contribution in [-0.2, 0) is 11.0 Å². The first-order valence-corrected chi connectivity index (χ1v) is 7.52. The number of rotatable bonds is 6. The van der Waals surface area contributed by atoms with Crippen LogP contribution >= 0.6 is 12.4 Å². The van der Waals surface area contributed by atoms with Crippen LogP contribution in [0.1, 0.15) is 25.8 Å². The van der Waals surface area contributed by atoms with Crippen LogP contribution in [-0.4, -0.2) is 35.9 Å². The first kappa shape index (κ1) is 21.8. The third-order valence-corrected chi connectivity index (χ3v) is 3.26. The molecule has 0 amide bonds. The fourth-order valence-electron chi connectivity index (χ4n) is 2.18. The lowest BCUT2D eigenvalue weighted by molar-refractivity contribution is -0.158. The number of nitrogens with zero attached hydrogens (tertiary/aromatic N) is 3. The lowest BCUT2D eigenvalue weighted by atomic mass is 10.2. The fraction of sp³-hybridized carbons (Fsp3) is 0.467. The Morgan fingerprint density at radius 2 is 1.88 bits per heavy atom. The van der Waals surface area contributed by atoms with Gasteiger partial charge in [0.1, 0.15) is 5.75 Å². The third-order valence-electron chi connectivity index (χ3n) is 3.26. The van der Waals surface area contributed by atoms with Gasteiger partial charge in [-0.25, -0.2) is 4.99 Å². The molecule has 26 heavy (non-hydrogen) atoms. The topological polar surface area (TPSA) is 98.5 Å². The molecule has 0 radical (unpaired) electrons. The first-order chi connectivity index (χ1) is 11.6. The molecule has 1 aliphatic rings. The third kappa shape index (κ3) is 5.67. The van der Waals surface area contributed by atoms with E-state index in [0.29, 0.717) is 6.42 Å². The average Bonchev–Trinajstić information content (AvgIpc) is 2.48. The lowest BCUT2D eigenvalue weighted by Crippen LogP contribution is -2.53. The van der Waals surface area contributed by atoms with Crippen LogP contribution in [0.25, 0.3) is 0 Å². The van der Waals surface area contributed by atoms with Crippen molar-refractivity contribution >= 4 is 24.3 Å². The number of hydroxylamine groups is 2. The highest BCUT2D eigenvalue weighted by atomic mass is 35.5. The van der Waals surface area contributed by atoms with E-state index in [-0.39, 0.29) is 43.3 Å². The molecule has 0 unspecified atom stereocenters. The van der Waals surface area contributed by atoms with Gasteiger partial charge in [0.15, 0.2) is 5.66 Å². The Labute approximate surface area is 155 Å². The molecule has 0 atom stereocenters. The maximum Gasteiger partial charge on any atom is 0.416 e. The molecule has 1 heterocycles. The van der Waals surface area contributed by atoms with E-state index in [1.165, 1.54) is 17.2 Å². The van der Waals surface area contributed by atoms with Crippen LogP contribution in [0.4, 0.5) is 13.2 Å². The summed E-state index contributed by atoms with van der Waals surface area (Å²) in [6.07, 6.45) is -3.98. The van der Waals surface area contributed by atoms with Crippen molar-refractivity contribution in [1.82, 2.24) is 5.06 Å². The van der Waals surface area contributed by atoms with Crippen molar-refractivity contribution in [2.24, 2.45) is 21.5 Å². The molecule has 11 heteroatoms. The van der Waals surface area contributed by atoms with E-state index in [0.717, 1.165) is 12.1 Å². The maximum atomic E-state index is 12.6. The van der Waals surface area contributed by atoms with E-state index in [1.54, 1.807) is 13.8 Å². The van der Waals surface area contributed by atoms with E-state index in [9.17, 15) is 13.2 Å². The first-order valence-electron chi connectivity index (χ1n) is 7.52. The predicted octanol–water partition coefficient (Wildman–Crippen LogP) is 2.51. The van der Waals surface area contributed by atoms with Crippen molar-refractivity contribution in [3.05, 3.63) is 29.8 Å². The summed E-state index contributed by atoms with van der Waals surface area (Å²) in [6, 6.07) is 4.70. The van der Waals surface area contributed by atoms with Crippen molar-refractivity contribution in [1.29, 1.82) is 0 Å². The van der Waals surface area contributed by atoms with Gasteiger partial charge >= 0.3 is 6.18 Å². The summed E-state index contributed by atoms with van der Waals surface area (Å²) < 4.78 is 43.2. The second kappa shape index (κ2) is 8.45. The van der Waals surface area contributed by atoms with Gasteiger partial charge in [-0.1, -0.05) is 6.07 Å². The minimum absolute atomic E-state index is 0. The molecule has 4 N–H and O–H groups in total. The minimum Gasteiger partial charge on any atom is -0.493 e. The number of halogens is 4. The van der Waals surface area contributed by atoms with Gasteiger partial charge in [-0.2, -0.15) is 23.2 Å². The summed E-state index contributed by atoms with van der Waals surface area (Å²) in [5.41, 5.74) is 9.75. The van der Waals surface area contributed by atoms with Gasteiger partial charge < -0.3 is 16.2 Å². The van der Waals surface area contributed by atoms with Crippen LogP contribution in [0.2, 0.25) is 0 Å². The zero-order valence-electron chi connectivity index (χ0n) is 14.3. The van der Waals surface area contributed by atoms with Gasteiger partial charge in [-0.05, 0) is 32.0 Å². The molecule has 0 aliphatic carbocycles. The molecule has 1 aromatic rings. The molecule has 146 valence electrons. The van der Waals surface area contributed by atoms with E-state index in [4.69, 9.17) is 21.0 Å². The van der Waals surface area contributed by atoms with Crippen molar-refractivity contribution in [3.63, 3.8) is 0 Å². The van der Waals surface area contributed by atoms with Crippen LogP contribution in [0.5, 0.6) is 5.75 Å². The summed E-state index contributed by atoms with van der Waals surface area (Å²) in [6.45, 7) is 3.90. The second-order valence-corrected chi connectivity index (χ2v) is 5.79. The summed E-state index contributed by atoms with van der Waals surface area (Å²) in [7, 11) is 0.